The van der Waals surface area contributed by atoms with E-state index >= 15 is 0 Å². The molecule has 0 N–H and O–H groups in total. The van der Waals surface area contributed by atoms with Gasteiger partial charge in [-0.15, -0.1) is 0 Å². The second-order valence-electron chi connectivity index (χ2n) is 4.85. The van der Waals surface area contributed by atoms with Gasteiger partial charge in [-0.1, -0.05) is 36.7 Å². The molecule has 2 aromatic rings. The van der Waals surface area contributed by atoms with Crippen LogP contribution >= 0.6 is 11.6 Å². The molecule has 0 unspecified atom stereocenters. The molecule has 0 fully saturated rings. The lowest BCUT2D eigenvalue weighted by molar-refractivity contribution is -0.140. The Morgan fingerprint density at radius 3 is 2.43 bits per heavy atom. The molecule has 0 bridgehead atoms. The molecule has 0 saturated carbocycles. The van der Waals surface area contributed by atoms with Gasteiger partial charge in [0.05, 0.1) is 5.56 Å². The first kappa shape index (κ1) is 17.2. The summed E-state index contributed by atoms with van der Waals surface area (Å²) in [5.41, 5.74) is 0.881. The van der Waals surface area contributed by atoms with Gasteiger partial charge in [-0.25, -0.2) is 13.6 Å². The third-order valence-corrected chi connectivity index (χ3v) is 3.48. The fraction of sp³-hybridized carbons (Fsp3) is 0.167. The van der Waals surface area contributed by atoms with Crippen molar-refractivity contribution in [1.82, 2.24) is 0 Å². The van der Waals surface area contributed by atoms with Crippen molar-refractivity contribution >= 4 is 23.6 Å². The van der Waals surface area contributed by atoms with Crippen LogP contribution < -0.4 is 0 Å². The Morgan fingerprint density at radius 2 is 1.83 bits per heavy atom. The smallest absolute Gasteiger partial charge is 0.334 e. The number of esters is 1. The van der Waals surface area contributed by atoms with Gasteiger partial charge >= 0.3 is 5.97 Å². The van der Waals surface area contributed by atoms with Crippen LogP contribution in [0.1, 0.15) is 24.5 Å². The maximum Gasteiger partial charge on any atom is 0.334 e. The Bertz CT molecular complexity index is 721. The van der Waals surface area contributed by atoms with Gasteiger partial charge in [0.15, 0.2) is 0 Å². The number of halogens is 3. The van der Waals surface area contributed by atoms with Gasteiger partial charge in [0.1, 0.15) is 18.2 Å². The SMILES string of the molecule is CC/C(=C\c1cccc(Cl)c1)C(=O)OCc1c(F)cccc1F. The maximum absolute atomic E-state index is 13.5. The fourth-order valence-corrected chi connectivity index (χ4v) is 2.20. The molecule has 0 saturated heterocycles. The first-order chi connectivity index (χ1) is 11.0. The topological polar surface area (TPSA) is 26.3 Å². The molecule has 0 atom stereocenters. The fourth-order valence-electron chi connectivity index (χ4n) is 2.00. The third-order valence-electron chi connectivity index (χ3n) is 3.24. The first-order valence-electron chi connectivity index (χ1n) is 7.07. The highest BCUT2D eigenvalue weighted by molar-refractivity contribution is 6.30. The minimum absolute atomic E-state index is 0.265. The van der Waals surface area contributed by atoms with E-state index in [1.165, 1.54) is 6.07 Å². The largest absolute Gasteiger partial charge is 0.457 e. The van der Waals surface area contributed by atoms with Gasteiger partial charge in [0, 0.05) is 10.6 Å². The summed E-state index contributed by atoms with van der Waals surface area (Å²) in [7, 11) is 0. The Labute approximate surface area is 138 Å². The quantitative estimate of drug-likeness (QED) is 0.557. The Balaban J connectivity index is 2.12. The van der Waals surface area contributed by atoms with Crippen molar-refractivity contribution < 1.29 is 18.3 Å². The second kappa shape index (κ2) is 7.88. The molecule has 0 heterocycles. The summed E-state index contributed by atoms with van der Waals surface area (Å²) < 4.78 is 32.1. The van der Waals surface area contributed by atoms with Gasteiger partial charge in [0.2, 0.25) is 0 Å². The van der Waals surface area contributed by atoms with Gasteiger partial charge < -0.3 is 4.74 Å². The third kappa shape index (κ3) is 4.63. The molecule has 5 heteroatoms. The van der Waals surface area contributed by atoms with E-state index in [9.17, 15) is 13.6 Å². The minimum Gasteiger partial charge on any atom is -0.457 e. The predicted octanol–water partition coefficient (Wildman–Crippen LogP) is 5.16. The number of benzene rings is 2. The normalized spacial score (nSPS) is 11.4. The van der Waals surface area contributed by atoms with Crippen molar-refractivity contribution in [1.29, 1.82) is 0 Å². The zero-order valence-corrected chi connectivity index (χ0v) is 13.2. The zero-order valence-electron chi connectivity index (χ0n) is 12.5. The number of carbonyl (C=O) groups is 1. The summed E-state index contributed by atoms with van der Waals surface area (Å²) in [6.07, 6.45) is 2.07. The number of hydrogen-bond acceptors (Lipinski definition) is 2. The lowest BCUT2D eigenvalue weighted by Gasteiger charge is -2.08. The molecular weight excluding hydrogens is 322 g/mol. The van der Waals surface area contributed by atoms with Crippen LogP contribution in [0.2, 0.25) is 5.02 Å². The zero-order chi connectivity index (χ0) is 16.8. The highest BCUT2D eigenvalue weighted by Crippen LogP contribution is 2.18. The van der Waals surface area contributed by atoms with E-state index in [2.05, 4.69) is 0 Å². The molecule has 0 amide bonds. The number of carbonyl (C=O) groups excluding carboxylic acids is 1. The van der Waals surface area contributed by atoms with Gasteiger partial charge in [-0.3, -0.25) is 0 Å². The molecule has 0 radical (unpaired) electrons. The molecule has 2 rings (SSSR count). The lowest BCUT2D eigenvalue weighted by atomic mass is 10.1. The summed E-state index contributed by atoms with van der Waals surface area (Å²) in [4.78, 5) is 12.1. The van der Waals surface area contributed by atoms with Crippen LogP contribution in [-0.2, 0) is 16.1 Å². The highest BCUT2D eigenvalue weighted by Gasteiger charge is 2.14. The van der Waals surface area contributed by atoms with Gasteiger partial charge in [-0.05, 0) is 42.3 Å². The summed E-state index contributed by atoms with van der Waals surface area (Å²) in [6, 6.07) is 10.5. The van der Waals surface area contributed by atoms with Crippen LogP contribution in [0, 0.1) is 11.6 Å². The Morgan fingerprint density at radius 1 is 1.17 bits per heavy atom. The number of rotatable bonds is 5. The van der Waals surface area contributed by atoms with Crippen molar-refractivity contribution in [2.45, 2.75) is 20.0 Å². The van der Waals surface area contributed by atoms with Crippen molar-refractivity contribution in [3.8, 4) is 0 Å². The van der Waals surface area contributed by atoms with Crippen LogP contribution in [0.5, 0.6) is 0 Å². The van der Waals surface area contributed by atoms with Crippen LogP contribution in [0.4, 0.5) is 8.78 Å². The Hall–Kier alpha value is -2.20. The molecular formula is C18H15ClF2O2. The summed E-state index contributed by atoms with van der Waals surface area (Å²) in [5, 5.41) is 0.552. The average molecular weight is 337 g/mol. The van der Waals surface area contributed by atoms with Crippen molar-refractivity contribution in [3.63, 3.8) is 0 Å². The summed E-state index contributed by atoms with van der Waals surface area (Å²) in [5.74, 6) is -2.10. The van der Waals surface area contributed by atoms with E-state index in [0.29, 0.717) is 17.0 Å². The standard InChI is InChI=1S/C18H15ClF2O2/c1-2-13(9-12-5-3-6-14(19)10-12)18(22)23-11-15-16(20)7-4-8-17(15)21/h3-10H,2,11H2,1H3/b13-9+. The molecule has 0 spiro atoms. The van der Waals surface area contributed by atoms with Crippen LogP contribution in [0.25, 0.3) is 6.08 Å². The molecule has 0 aliphatic carbocycles. The van der Waals surface area contributed by atoms with Crippen LogP contribution in [0.3, 0.4) is 0 Å². The van der Waals surface area contributed by atoms with Gasteiger partial charge in [-0.2, -0.15) is 0 Å². The van der Waals surface area contributed by atoms with Gasteiger partial charge in [0.25, 0.3) is 0 Å². The summed E-state index contributed by atoms with van der Waals surface area (Å²) in [6.45, 7) is 1.34. The number of hydrogen-bond donors (Lipinski definition) is 0. The molecule has 2 aromatic carbocycles. The average Bonchev–Trinajstić information content (AvgIpc) is 2.52. The van der Waals surface area contributed by atoms with E-state index < -0.39 is 24.2 Å². The van der Waals surface area contributed by atoms with E-state index in [0.717, 1.165) is 17.7 Å². The maximum atomic E-state index is 13.5. The first-order valence-corrected chi connectivity index (χ1v) is 7.45. The molecule has 23 heavy (non-hydrogen) atoms. The lowest BCUT2D eigenvalue weighted by Crippen LogP contribution is -2.09. The van der Waals surface area contributed by atoms with Crippen LogP contribution in [-0.4, -0.2) is 5.97 Å². The minimum atomic E-state index is -0.741. The molecule has 0 aliphatic rings. The molecule has 120 valence electrons. The van der Waals surface area contributed by atoms with Crippen molar-refractivity contribution in [2.24, 2.45) is 0 Å². The van der Waals surface area contributed by atoms with Crippen molar-refractivity contribution in [2.75, 3.05) is 0 Å². The van der Waals surface area contributed by atoms with Crippen molar-refractivity contribution in [3.05, 3.63) is 75.8 Å². The predicted molar refractivity (Wildman–Crippen MR) is 85.9 cm³/mol. The molecule has 0 aromatic heterocycles. The number of ether oxygens (including phenoxy) is 1. The van der Waals surface area contributed by atoms with E-state index in [4.69, 9.17) is 16.3 Å². The highest BCUT2D eigenvalue weighted by atomic mass is 35.5. The van der Waals surface area contributed by atoms with E-state index in [-0.39, 0.29) is 5.56 Å². The molecule has 0 aliphatic heterocycles. The summed E-state index contributed by atoms with van der Waals surface area (Å²) >= 11 is 5.90. The van der Waals surface area contributed by atoms with E-state index in [1.807, 2.05) is 0 Å². The second-order valence-corrected chi connectivity index (χ2v) is 5.29. The van der Waals surface area contributed by atoms with Crippen LogP contribution in [0.15, 0.2) is 48.0 Å². The molecule has 2 nitrogen and oxygen atoms in total. The monoisotopic (exact) mass is 336 g/mol. The Kier molecular flexibility index (Phi) is 5.88. The van der Waals surface area contributed by atoms with E-state index in [1.54, 1.807) is 37.3 Å².